The molecule has 0 amide bonds. The van der Waals surface area contributed by atoms with E-state index in [1.54, 1.807) is 6.07 Å². The average molecular weight is 330 g/mol. The molecular formula is C19H13F3O2. The van der Waals surface area contributed by atoms with Crippen LogP contribution >= 0.6 is 0 Å². The standard InChI is InChI=1S/C19H13F3O2/c1-23-10-24-15-9-13-6-5-11-3-2-4-12-7-8-14(17(13)16(11)12)18(15)19(20,21)22/h2-9H,10H2,1H3. The van der Waals surface area contributed by atoms with E-state index in [-0.39, 0.29) is 17.9 Å². The predicted octanol–water partition coefficient (Wildman–Crippen LogP) is 5.59. The zero-order valence-electron chi connectivity index (χ0n) is 12.8. The highest BCUT2D eigenvalue weighted by Gasteiger charge is 2.37. The second kappa shape index (κ2) is 5.24. The van der Waals surface area contributed by atoms with Crippen molar-refractivity contribution < 1.29 is 22.6 Å². The Labute approximate surface area is 135 Å². The molecule has 0 N–H and O–H groups in total. The summed E-state index contributed by atoms with van der Waals surface area (Å²) in [5.41, 5.74) is -0.759. The van der Waals surface area contributed by atoms with E-state index in [4.69, 9.17) is 9.47 Å². The van der Waals surface area contributed by atoms with Gasteiger partial charge < -0.3 is 9.47 Å². The number of methoxy groups -OCH3 is 1. The van der Waals surface area contributed by atoms with Gasteiger partial charge in [-0.1, -0.05) is 42.5 Å². The first-order chi connectivity index (χ1) is 11.5. The smallest absolute Gasteiger partial charge is 0.420 e. The summed E-state index contributed by atoms with van der Waals surface area (Å²) in [6, 6.07) is 14.1. The molecule has 0 saturated carbocycles. The van der Waals surface area contributed by atoms with Crippen LogP contribution in [0.3, 0.4) is 0 Å². The van der Waals surface area contributed by atoms with E-state index < -0.39 is 11.7 Å². The predicted molar refractivity (Wildman–Crippen MR) is 87.7 cm³/mol. The summed E-state index contributed by atoms with van der Waals surface area (Å²) in [7, 11) is 1.37. The molecule has 2 nitrogen and oxygen atoms in total. The molecular weight excluding hydrogens is 317 g/mol. The van der Waals surface area contributed by atoms with Gasteiger partial charge in [-0.15, -0.1) is 0 Å². The number of hydrogen-bond acceptors (Lipinski definition) is 2. The summed E-state index contributed by atoms with van der Waals surface area (Å²) in [5.74, 6) is -0.213. The molecule has 0 radical (unpaired) electrons. The van der Waals surface area contributed by atoms with Crippen molar-refractivity contribution in [1.82, 2.24) is 0 Å². The van der Waals surface area contributed by atoms with E-state index >= 15 is 0 Å². The summed E-state index contributed by atoms with van der Waals surface area (Å²) >= 11 is 0. The van der Waals surface area contributed by atoms with Gasteiger partial charge in [0.1, 0.15) is 11.3 Å². The molecule has 0 saturated heterocycles. The molecule has 0 aliphatic carbocycles. The molecule has 4 rings (SSSR count). The van der Waals surface area contributed by atoms with Crippen LogP contribution in [0.1, 0.15) is 5.56 Å². The van der Waals surface area contributed by atoms with Crippen molar-refractivity contribution in [3.8, 4) is 5.75 Å². The molecule has 0 aromatic heterocycles. The van der Waals surface area contributed by atoms with Crippen LogP contribution in [0.2, 0.25) is 0 Å². The van der Waals surface area contributed by atoms with E-state index in [2.05, 4.69) is 0 Å². The molecule has 0 atom stereocenters. The Balaban J connectivity index is 2.18. The van der Waals surface area contributed by atoms with Crippen molar-refractivity contribution >= 4 is 32.3 Å². The Morgan fingerprint density at radius 2 is 1.54 bits per heavy atom. The summed E-state index contributed by atoms with van der Waals surface area (Å²) in [6.07, 6.45) is -4.52. The minimum absolute atomic E-state index is 0.149. The summed E-state index contributed by atoms with van der Waals surface area (Å²) < 4.78 is 51.1. The normalized spacial score (nSPS) is 12.5. The van der Waals surface area contributed by atoms with Crippen molar-refractivity contribution in [1.29, 1.82) is 0 Å². The minimum atomic E-state index is -4.52. The Hall–Kier alpha value is -2.53. The maximum Gasteiger partial charge on any atom is 0.420 e. The molecule has 122 valence electrons. The molecule has 0 heterocycles. The van der Waals surface area contributed by atoms with Crippen molar-refractivity contribution in [3.63, 3.8) is 0 Å². The number of benzene rings is 4. The Morgan fingerprint density at radius 3 is 2.21 bits per heavy atom. The summed E-state index contributed by atoms with van der Waals surface area (Å²) in [5, 5.41) is 4.16. The van der Waals surface area contributed by atoms with Gasteiger partial charge >= 0.3 is 6.18 Å². The number of hydrogen-bond donors (Lipinski definition) is 0. The van der Waals surface area contributed by atoms with Gasteiger partial charge in [-0.3, -0.25) is 0 Å². The van der Waals surface area contributed by atoms with Crippen molar-refractivity contribution in [2.75, 3.05) is 13.9 Å². The van der Waals surface area contributed by atoms with Crippen molar-refractivity contribution in [2.45, 2.75) is 6.18 Å². The van der Waals surface area contributed by atoms with Crippen LogP contribution < -0.4 is 4.74 Å². The molecule has 0 aliphatic rings. The lowest BCUT2D eigenvalue weighted by Gasteiger charge is -2.19. The molecule has 0 fully saturated rings. The zero-order chi connectivity index (χ0) is 16.9. The van der Waals surface area contributed by atoms with Crippen LogP contribution in [-0.4, -0.2) is 13.9 Å². The van der Waals surface area contributed by atoms with Crippen LogP contribution in [0.15, 0.2) is 48.5 Å². The highest BCUT2D eigenvalue weighted by molar-refractivity contribution is 6.24. The third-order valence-corrected chi connectivity index (χ3v) is 4.23. The van der Waals surface area contributed by atoms with Crippen LogP contribution in [0, 0.1) is 0 Å². The quantitative estimate of drug-likeness (QED) is 0.360. The largest absolute Gasteiger partial charge is 0.467 e. The van der Waals surface area contributed by atoms with Gasteiger partial charge in [-0.25, -0.2) is 0 Å². The second-order valence-corrected chi connectivity index (χ2v) is 5.65. The van der Waals surface area contributed by atoms with E-state index in [0.29, 0.717) is 10.8 Å². The maximum absolute atomic E-state index is 13.7. The Morgan fingerprint density at radius 1 is 0.875 bits per heavy atom. The number of rotatable bonds is 3. The topological polar surface area (TPSA) is 18.5 Å². The fourth-order valence-electron chi connectivity index (χ4n) is 3.31. The molecule has 4 aromatic rings. The first kappa shape index (κ1) is 15.0. The van der Waals surface area contributed by atoms with Crippen molar-refractivity contribution in [2.24, 2.45) is 0 Å². The Kier molecular flexibility index (Phi) is 3.28. The van der Waals surface area contributed by atoms with E-state index in [9.17, 15) is 13.2 Å². The molecule has 0 aliphatic heterocycles. The SMILES string of the molecule is COCOc1cc2ccc3cccc4ccc(c1C(F)(F)F)c2c34. The lowest BCUT2D eigenvalue weighted by atomic mass is 9.91. The van der Waals surface area contributed by atoms with Crippen LogP contribution in [0.25, 0.3) is 32.3 Å². The molecule has 0 bridgehead atoms. The van der Waals surface area contributed by atoms with Crippen LogP contribution in [0.5, 0.6) is 5.75 Å². The second-order valence-electron chi connectivity index (χ2n) is 5.65. The molecule has 5 heteroatoms. The fraction of sp³-hybridized carbons (Fsp3) is 0.158. The number of ether oxygens (including phenoxy) is 2. The fourth-order valence-corrected chi connectivity index (χ4v) is 3.31. The van der Waals surface area contributed by atoms with E-state index in [0.717, 1.165) is 16.2 Å². The maximum atomic E-state index is 13.7. The zero-order valence-corrected chi connectivity index (χ0v) is 12.8. The molecule has 0 unspecified atom stereocenters. The highest BCUT2D eigenvalue weighted by atomic mass is 19.4. The number of halogens is 3. The molecule has 4 aromatic carbocycles. The van der Waals surface area contributed by atoms with Gasteiger partial charge in [-0.2, -0.15) is 13.2 Å². The van der Waals surface area contributed by atoms with Gasteiger partial charge in [0.05, 0.1) is 0 Å². The lowest BCUT2D eigenvalue weighted by molar-refractivity contribution is -0.138. The van der Waals surface area contributed by atoms with Gasteiger partial charge in [-0.05, 0) is 38.4 Å². The summed E-state index contributed by atoms with van der Waals surface area (Å²) in [4.78, 5) is 0. The van der Waals surface area contributed by atoms with Crippen LogP contribution in [0.4, 0.5) is 13.2 Å². The van der Waals surface area contributed by atoms with Gasteiger partial charge in [0.2, 0.25) is 0 Å². The lowest BCUT2D eigenvalue weighted by Crippen LogP contribution is -2.11. The Bertz CT molecular complexity index is 1020. The monoisotopic (exact) mass is 330 g/mol. The van der Waals surface area contributed by atoms with Crippen LogP contribution in [-0.2, 0) is 10.9 Å². The van der Waals surface area contributed by atoms with Crippen molar-refractivity contribution in [3.05, 3.63) is 54.1 Å². The first-order valence-electron chi connectivity index (χ1n) is 7.40. The molecule has 0 spiro atoms. The highest BCUT2D eigenvalue weighted by Crippen LogP contribution is 2.46. The van der Waals surface area contributed by atoms with Gasteiger partial charge in [0.15, 0.2) is 6.79 Å². The van der Waals surface area contributed by atoms with E-state index in [1.165, 1.54) is 19.2 Å². The van der Waals surface area contributed by atoms with Gasteiger partial charge in [0.25, 0.3) is 0 Å². The van der Waals surface area contributed by atoms with Gasteiger partial charge in [0, 0.05) is 7.11 Å². The summed E-state index contributed by atoms with van der Waals surface area (Å²) in [6.45, 7) is -0.240. The number of alkyl halides is 3. The minimum Gasteiger partial charge on any atom is -0.467 e. The first-order valence-corrected chi connectivity index (χ1v) is 7.40. The van der Waals surface area contributed by atoms with E-state index in [1.807, 2.05) is 30.3 Å². The average Bonchev–Trinajstić information content (AvgIpc) is 2.56. The molecule has 24 heavy (non-hydrogen) atoms. The third kappa shape index (κ3) is 2.16. The third-order valence-electron chi connectivity index (χ3n) is 4.23.